The van der Waals surface area contributed by atoms with Gasteiger partial charge in [0.15, 0.2) is 0 Å². The molecule has 112 valence electrons. The van der Waals surface area contributed by atoms with Gasteiger partial charge in [-0.15, -0.1) is 0 Å². The molecule has 20 heavy (non-hydrogen) atoms. The summed E-state index contributed by atoms with van der Waals surface area (Å²) in [6, 6.07) is 4.89. The summed E-state index contributed by atoms with van der Waals surface area (Å²) >= 11 is 5.88. The maximum Gasteiger partial charge on any atom is 0.141 e. The van der Waals surface area contributed by atoms with Gasteiger partial charge in [0.1, 0.15) is 5.82 Å². The summed E-state index contributed by atoms with van der Waals surface area (Å²) in [5.41, 5.74) is 1.06. The normalized spacial score (nSPS) is 23.9. The molecule has 1 aromatic carbocycles. The van der Waals surface area contributed by atoms with Gasteiger partial charge in [-0.1, -0.05) is 17.7 Å². The summed E-state index contributed by atoms with van der Waals surface area (Å²) in [5, 5.41) is 3.70. The van der Waals surface area contributed by atoms with E-state index < -0.39 is 0 Å². The highest BCUT2D eigenvalue weighted by Crippen LogP contribution is 2.35. The molecule has 1 N–H and O–H groups in total. The third-order valence-corrected chi connectivity index (χ3v) is 3.90. The lowest BCUT2D eigenvalue weighted by Gasteiger charge is -2.34. The van der Waals surface area contributed by atoms with Crippen molar-refractivity contribution in [3.8, 4) is 0 Å². The summed E-state index contributed by atoms with van der Waals surface area (Å²) < 4.78 is 19.2. The van der Waals surface area contributed by atoms with Gasteiger partial charge >= 0.3 is 0 Å². The third-order valence-electron chi connectivity index (χ3n) is 3.61. The molecule has 0 saturated carbocycles. The molecular formula is C16H23ClFNO. The number of nitrogens with one attached hydrogen (secondary N) is 1. The topological polar surface area (TPSA) is 21.3 Å². The van der Waals surface area contributed by atoms with Crippen LogP contribution in [0.15, 0.2) is 18.2 Å². The highest BCUT2D eigenvalue weighted by molar-refractivity contribution is 6.30. The maximum absolute atomic E-state index is 13.3. The van der Waals surface area contributed by atoms with E-state index >= 15 is 0 Å². The van der Waals surface area contributed by atoms with Crippen LogP contribution >= 0.6 is 11.6 Å². The number of rotatable bonds is 3. The molecule has 2 nitrogen and oxygen atoms in total. The van der Waals surface area contributed by atoms with Crippen molar-refractivity contribution in [2.24, 2.45) is 5.92 Å². The van der Waals surface area contributed by atoms with Crippen molar-refractivity contribution in [2.45, 2.75) is 45.3 Å². The standard InChI is InChI=1S/C16H23ClFNO/c1-16(2,3)19-10-12-5-4-8-20-15(12)11-6-7-14(18)13(17)9-11/h6-7,9,12,15,19H,4-5,8,10H2,1-3H3. The number of ether oxygens (including phenoxy) is 1. The first kappa shape index (κ1) is 15.7. The Kier molecular flexibility index (Phi) is 5.05. The zero-order chi connectivity index (χ0) is 14.8. The van der Waals surface area contributed by atoms with E-state index in [0.717, 1.165) is 31.6 Å². The predicted molar refractivity (Wildman–Crippen MR) is 80.6 cm³/mol. The maximum atomic E-state index is 13.3. The lowest BCUT2D eigenvalue weighted by molar-refractivity contribution is -0.0293. The number of hydrogen-bond acceptors (Lipinski definition) is 2. The summed E-state index contributed by atoms with van der Waals surface area (Å²) in [4.78, 5) is 0. The van der Waals surface area contributed by atoms with Gasteiger partial charge in [0, 0.05) is 24.6 Å². The summed E-state index contributed by atoms with van der Waals surface area (Å²) in [7, 11) is 0. The Labute approximate surface area is 125 Å². The van der Waals surface area contributed by atoms with Gasteiger partial charge in [-0.3, -0.25) is 0 Å². The van der Waals surface area contributed by atoms with Crippen LogP contribution < -0.4 is 5.32 Å². The summed E-state index contributed by atoms with van der Waals surface area (Å²) in [6.45, 7) is 8.11. The average Bonchev–Trinajstić information content (AvgIpc) is 2.39. The Hall–Kier alpha value is -0.640. The van der Waals surface area contributed by atoms with Crippen LogP contribution in [0.3, 0.4) is 0 Å². The molecule has 2 unspecified atom stereocenters. The lowest BCUT2D eigenvalue weighted by Crippen LogP contribution is -2.41. The Morgan fingerprint density at radius 1 is 1.40 bits per heavy atom. The van der Waals surface area contributed by atoms with Gasteiger partial charge in [-0.05, 0) is 51.3 Å². The first-order valence-corrected chi connectivity index (χ1v) is 7.56. The Balaban J connectivity index is 2.11. The molecule has 0 aromatic heterocycles. The molecule has 4 heteroatoms. The minimum atomic E-state index is -0.379. The third kappa shape index (κ3) is 4.18. The molecule has 0 aliphatic carbocycles. The van der Waals surface area contributed by atoms with Gasteiger partial charge in [0.25, 0.3) is 0 Å². The fourth-order valence-electron chi connectivity index (χ4n) is 2.55. The highest BCUT2D eigenvalue weighted by Gasteiger charge is 2.28. The zero-order valence-electron chi connectivity index (χ0n) is 12.4. The molecule has 1 aliphatic rings. The van der Waals surface area contributed by atoms with E-state index in [9.17, 15) is 4.39 Å². The monoisotopic (exact) mass is 299 g/mol. The largest absolute Gasteiger partial charge is 0.373 e. The molecule has 0 amide bonds. The molecule has 0 spiro atoms. The van der Waals surface area contributed by atoms with Gasteiger partial charge in [-0.25, -0.2) is 4.39 Å². The minimum Gasteiger partial charge on any atom is -0.373 e. The highest BCUT2D eigenvalue weighted by atomic mass is 35.5. The van der Waals surface area contributed by atoms with Crippen LogP contribution in [0, 0.1) is 11.7 Å². The second kappa shape index (κ2) is 6.42. The van der Waals surface area contributed by atoms with Gasteiger partial charge < -0.3 is 10.1 Å². The van der Waals surface area contributed by atoms with Crippen molar-refractivity contribution in [1.82, 2.24) is 5.32 Å². The first-order valence-electron chi connectivity index (χ1n) is 7.18. The second-order valence-electron chi connectivity index (χ2n) is 6.50. The van der Waals surface area contributed by atoms with E-state index in [1.807, 2.05) is 0 Å². The fourth-order valence-corrected chi connectivity index (χ4v) is 2.74. The SMILES string of the molecule is CC(C)(C)NCC1CCCOC1c1ccc(F)c(Cl)c1. The van der Waals surface area contributed by atoms with Crippen LogP contribution in [0.2, 0.25) is 5.02 Å². The number of halogens is 2. The first-order chi connectivity index (χ1) is 9.37. The van der Waals surface area contributed by atoms with Crippen LogP contribution in [0.5, 0.6) is 0 Å². The molecule has 1 fully saturated rings. The van der Waals surface area contributed by atoms with Crippen LogP contribution in [0.4, 0.5) is 4.39 Å². The van der Waals surface area contributed by atoms with Crippen LogP contribution in [-0.2, 0) is 4.74 Å². The molecular weight excluding hydrogens is 277 g/mol. The quantitative estimate of drug-likeness (QED) is 0.896. The number of benzene rings is 1. The van der Waals surface area contributed by atoms with Crippen LogP contribution in [0.1, 0.15) is 45.3 Å². The van der Waals surface area contributed by atoms with Crippen molar-refractivity contribution >= 4 is 11.6 Å². The second-order valence-corrected chi connectivity index (χ2v) is 6.91. The van der Waals surface area contributed by atoms with Crippen molar-refractivity contribution in [2.75, 3.05) is 13.2 Å². The van der Waals surface area contributed by atoms with E-state index in [4.69, 9.17) is 16.3 Å². The zero-order valence-corrected chi connectivity index (χ0v) is 13.1. The van der Waals surface area contributed by atoms with Crippen molar-refractivity contribution in [3.63, 3.8) is 0 Å². The Morgan fingerprint density at radius 3 is 2.80 bits per heavy atom. The van der Waals surface area contributed by atoms with E-state index in [0.29, 0.717) is 5.92 Å². The van der Waals surface area contributed by atoms with Crippen LogP contribution in [0.25, 0.3) is 0 Å². The molecule has 2 atom stereocenters. The van der Waals surface area contributed by atoms with Crippen molar-refractivity contribution < 1.29 is 9.13 Å². The molecule has 1 saturated heterocycles. The van der Waals surface area contributed by atoms with E-state index in [1.54, 1.807) is 12.1 Å². The predicted octanol–water partition coefficient (Wildman–Crippen LogP) is 4.33. The Bertz CT molecular complexity index is 458. The minimum absolute atomic E-state index is 0.00306. The number of hydrogen-bond donors (Lipinski definition) is 1. The van der Waals surface area contributed by atoms with E-state index in [-0.39, 0.29) is 22.5 Å². The van der Waals surface area contributed by atoms with Crippen LogP contribution in [-0.4, -0.2) is 18.7 Å². The smallest absolute Gasteiger partial charge is 0.141 e. The summed E-state index contributed by atoms with van der Waals surface area (Å²) in [6.07, 6.45) is 2.18. The van der Waals surface area contributed by atoms with Crippen molar-refractivity contribution in [1.29, 1.82) is 0 Å². The molecule has 1 aromatic rings. The van der Waals surface area contributed by atoms with Crippen molar-refractivity contribution in [3.05, 3.63) is 34.6 Å². The molecule has 0 radical (unpaired) electrons. The Morgan fingerprint density at radius 2 is 2.15 bits per heavy atom. The molecule has 0 bridgehead atoms. The summed E-state index contributed by atoms with van der Waals surface area (Å²) in [5.74, 6) is 0.0140. The van der Waals surface area contributed by atoms with Gasteiger partial charge in [-0.2, -0.15) is 0 Å². The van der Waals surface area contributed by atoms with Gasteiger partial charge in [0.2, 0.25) is 0 Å². The van der Waals surface area contributed by atoms with E-state index in [2.05, 4.69) is 26.1 Å². The van der Waals surface area contributed by atoms with Gasteiger partial charge in [0.05, 0.1) is 11.1 Å². The lowest BCUT2D eigenvalue weighted by atomic mass is 9.88. The molecule has 2 rings (SSSR count). The molecule has 1 heterocycles. The molecule has 1 aliphatic heterocycles. The fraction of sp³-hybridized carbons (Fsp3) is 0.625. The average molecular weight is 300 g/mol. The van der Waals surface area contributed by atoms with E-state index in [1.165, 1.54) is 6.07 Å².